The Morgan fingerprint density at radius 1 is 1.30 bits per heavy atom. The van der Waals surface area contributed by atoms with Crippen LogP contribution in [0.4, 0.5) is 14.5 Å². The van der Waals surface area contributed by atoms with E-state index in [1.165, 1.54) is 12.1 Å². The first kappa shape index (κ1) is 15.0. The van der Waals surface area contributed by atoms with Crippen LogP contribution in [0.3, 0.4) is 0 Å². The minimum Gasteiger partial charge on any atom is -0.376 e. The molecule has 0 saturated heterocycles. The predicted octanol–water partition coefficient (Wildman–Crippen LogP) is 4.20. The molecule has 6 heteroatoms. The summed E-state index contributed by atoms with van der Waals surface area (Å²) in [5, 5.41) is 7.17. The molecular weight excluding hydrogens is 328 g/mol. The normalized spacial score (nSPS) is 11.2. The van der Waals surface area contributed by atoms with E-state index in [4.69, 9.17) is 0 Å². The highest BCUT2D eigenvalue weighted by Gasteiger charge is 2.14. The molecule has 0 aliphatic heterocycles. The maximum atomic E-state index is 13.7. The Labute approximate surface area is 125 Å². The minimum absolute atomic E-state index is 0.119. The molecule has 1 aromatic carbocycles. The SMILES string of the molecule is CC(C)c1nn(C)cc1CNc1c(F)cc(Br)cc1F. The van der Waals surface area contributed by atoms with E-state index in [2.05, 4.69) is 26.3 Å². The highest BCUT2D eigenvalue weighted by Crippen LogP contribution is 2.25. The number of aryl methyl sites for hydroxylation is 1. The molecule has 2 aromatic rings. The summed E-state index contributed by atoms with van der Waals surface area (Å²) in [7, 11) is 1.83. The van der Waals surface area contributed by atoms with Crippen molar-refractivity contribution in [2.45, 2.75) is 26.3 Å². The number of halogens is 3. The van der Waals surface area contributed by atoms with Crippen LogP contribution in [-0.4, -0.2) is 9.78 Å². The summed E-state index contributed by atoms with van der Waals surface area (Å²) in [6, 6.07) is 2.47. The van der Waals surface area contributed by atoms with E-state index in [-0.39, 0.29) is 11.6 Å². The lowest BCUT2D eigenvalue weighted by molar-refractivity contribution is 0.586. The largest absolute Gasteiger partial charge is 0.376 e. The molecule has 0 amide bonds. The van der Waals surface area contributed by atoms with E-state index in [9.17, 15) is 8.78 Å². The van der Waals surface area contributed by atoms with Gasteiger partial charge in [0.1, 0.15) is 17.3 Å². The molecule has 0 aliphatic carbocycles. The number of aromatic nitrogens is 2. The van der Waals surface area contributed by atoms with Gasteiger partial charge in [-0.2, -0.15) is 5.10 Å². The third kappa shape index (κ3) is 3.17. The number of hydrogen-bond donors (Lipinski definition) is 1. The summed E-state index contributed by atoms with van der Waals surface area (Å²) in [5.41, 5.74) is 1.74. The zero-order valence-electron chi connectivity index (χ0n) is 11.5. The van der Waals surface area contributed by atoms with E-state index in [1.54, 1.807) is 4.68 Å². The lowest BCUT2D eigenvalue weighted by Gasteiger charge is -2.10. The second-order valence-electron chi connectivity index (χ2n) is 4.97. The van der Waals surface area contributed by atoms with Gasteiger partial charge >= 0.3 is 0 Å². The van der Waals surface area contributed by atoms with Gasteiger partial charge in [0.15, 0.2) is 0 Å². The van der Waals surface area contributed by atoms with Gasteiger partial charge in [0.25, 0.3) is 0 Å². The Kier molecular flexibility index (Phi) is 4.42. The molecule has 2 rings (SSSR count). The van der Waals surface area contributed by atoms with E-state index in [0.29, 0.717) is 11.0 Å². The Morgan fingerprint density at radius 3 is 2.45 bits per heavy atom. The predicted molar refractivity (Wildman–Crippen MR) is 78.7 cm³/mol. The Bertz CT molecular complexity index is 600. The molecule has 0 fully saturated rings. The lowest BCUT2D eigenvalue weighted by atomic mass is 10.1. The van der Waals surface area contributed by atoms with Crippen LogP contribution in [0.5, 0.6) is 0 Å². The number of nitrogens with one attached hydrogen (secondary N) is 1. The van der Waals surface area contributed by atoms with Gasteiger partial charge in [-0.25, -0.2) is 8.78 Å². The molecule has 1 heterocycles. The van der Waals surface area contributed by atoms with Gasteiger partial charge in [0.2, 0.25) is 0 Å². The van der Waals surface area contributed by atoms with Crippen molar-refractivity contribution in [3.63, 3.8) is 0 Å². The molecule has 0 radical (unpaired) electrons. The molecule has 0 aliphatic rings. The van der Waals surface area contributed by atoms with Gasteiger partial charge in [-0.1, -0.05) is 29.8 Å². The van der Waals surface area contributed by atoms with Gasteiger partial charge in [-0.3, -0.25) is 4.68 Å². The highest BCUT2D eigenvalue weighted by atomic mass is 79.9. The summed E-state index contributed by atoms with van der Waals surface area (Å²) >= 11 is 3.06. The molecule has 1 aromatic heterocycles. The van der Waals surface area contributed by atoms with Crippen molar-refractivity contribution in [2.24, 2.45) is 7.05 Å². The molecular formula is C14H16BrF2N3. The van der Waals surface area contributed by atoms with Crippen LogP contribution < -0.4 is 5.32 Å². The monoisotopic (exact) mass is 343 g/mol. The average molecular weight is 344 g/mol. The fourth-order valence-electron chi connectivity index (χ4n) is 2.07. The van der Waals surface area contributed by atoms with E-state index in [0.717, 1.165) is 11.3 Å². The molecule has 108 valence electrons. The lowest BCUT2D eigenvalue weighted by Crippen LogP contribution is -2.06. The van der Waals surface area contributed by atoms with Crippen molar-refractivity contribution < 1.29 is 8.78 Å². The number of rotatable bonds is 4. The first-order valence-corrected chi connectivity index (χ1v) is 7.08. The molecule has 20 heavy (non-hydrogen) atoms. The molecule has 0 bridgehead atoms. The van der Waals surface area contributed by atoms with Crippen LogP contribution in [0.1, 0.15) is 31.0 Å². The first-order valence-electron chi connectivity index (χ1n) is 6.29. The Morgan fingerprint density at radius 2 is 1.90 bits per heavy atom. The molecule has 0 atom stereocenters. The topological polar surface area (TPSA) is 29.9 Å². The van der Waals surface area contributed by atoms with E-state index >= 15 is 0 Å². The highest BCUT2D eigenvalue weighted by molar-refractivity contribution is 9.10. The van der Waals surface area contributed by atoms with Gasteiger partial charge in [0.05, 0.1) is 5.69 Å². The van der Waals surface area contributed by atoms with Crippen LogP contribution in [-0.2, 0) is 13.6 Å². The van der Waals surface area contributed by atoms with Crippen LogP contribution in [0.2, 0.25) is 0 Å². The number of nitrogens with zero attached hydrogens (tertiary/aromatic N) is 2. The third-order valence-corrected chi connectivity index (χ3v) is 3.40. The van der Waals surface area contributed by atoms with E-state index < -0.39 is 11.6 Å². The molecule has 1 N–H and O–H groups in total. The maximum absolute atomic E-state index is 13.7. The van der Waals surface area contributed by atoms with Gasteiger partial charge in [-0.15, -0.1) is 0 Å². The quantitative estimate of drug-likeness (QED) is 0.901. The minimum atomic E-state index is -0.619. The number of benzene rings is 1. The molecule has 0 unspecified atom stereocenters. The van der Waals surface area contributed by atoms with Crippen molar-refractivity contribution in [1.82, 2.24) is 9.78 Å². The number of anilines is 1. The summed E-state index contributed by atoms with van der Waals surface area (Å²) in [4.78, 5) is 0. The van der Waals surface area contributed by atoms with Gasteiger partial charge in [-0.05, 0) is 18.1 Å². The van der Waals surface area contributed by atoms with E-state index in [1.807, 2.05) is 27.1 Å². The zero-order chi connectivity index (χ0) is 14.9. The van der Waals surface area contributed by atoms with Crippen molar-refractivity contribution in [3.8, 4) is 0 Å². The molecule has 0 saturated carbocycles. The van der Waals surface area contributed by atoms with Crippen molar-refractivity contribution in [1.29, 1.82) is 0 Å². The van der Waals surface area contributed by atoms with Crippen LogP contribution in [0, 0.1) is 11.6 Å². The Balaban J connectivity index is 2.21. The van der Waals surface area contributed by atoms with Crippen LogP contribution in [0.15, 0.2) is 22.8 Å². The van der Waals surface area contributed by atoms with Crippen molar-refractivity contribution in [3.05, 3.63) is 45.7 Å². The average Bonchev–Trinajstić information content (AvgIpc) is 2.69. The molecule has 0 spiro atoms. The standard InChI is InChI=1S/C14H16BrF2N3/c1-8(2)13-9(7-20(3)19-13)6-18-14-11(16)4-10(15)5-12(14)17/h4-5,7-8,18H,6H2,1-3H3. The maximum Gasteiger partial charge on any atom is 0.150 e. The summed E-state index contributed by atoms with van der Waals surface area (Å²) in [6.07, 6.45) is 1.86. The van der Waals surface area contributed by atoms with Crippen molar-refractivity contribution in [2.75, 3.05) is 5.32 Å². The first-order chi connectivity index (χ1) is 9.38. The summed E-state index contributed by atoms with van der Waals surface area (Å²) in [6.45, 7) is 4.40. The van der Waals surface area contributed by atoms with Crippen molar-refractivity contribution >= 4 is 21.6 Å². The number of hydrogen-bond acceptors (Lipinski definition) is 2. The van der Waals surface area contributed by atoms with Crippen LogP contribution in [0.25, 0.3) is 0 Å². The zero-order valence-corrected chi connectivity index (χ0v) is 13.1. The molecule has 3 nitrogen and oxygen atoms in total. The fourth-order valence-corrected chi connectivity index (χ4v) is 2.47. The van der Waals surface area contributed by atoms with Crippen LogP contribution >= 0.6 is 15.9 Å². The smallest absolute Gasteiger partial charge is 0.150 e. The summed E-state index contributed by atoms with van der Waals surface area (Å²) < 4.78 is 29.5. The summed E-state index contributed by atoms with van der Waals surface area (Å²) in [5.74, 6) is -0.980. The Hall–Kier alpha value is -1.43. The fraction of sp³-hybridized carbons (Fsp3) is 0.357. The van der Waals surface area contributed by atoms with Gasteiger partial charge < -0.3 is 5.32 Å². The second kappa shape index (κ2) is 5.91. The second-order valence-corrected chi connectivity index (χ2v) is 5.88. The van der Waals surface area contributed by atoms with Gasteiger partial charge in [0, 0.05) is 29.8 Å². The third-order valence-electron chi connectivity index (χ3n) is 2.95.